The highest BCUT2D eigenvalue weighted by Gasteiger charge is 2.17. The molecule has 0 unspecified atom stereocenters. The Morgan fingerprint density at radius 2 is 1.69 bits per heavy atom. The molecule has 3 heterocycles. The predicted molar refractivity (Wildman–Crippen MR) is 128 cm³/mol. The summed E-state index contributed by atoms with van der Waals surface area (Å²) in [4.78, 5) is 14.9. The van der Waals surface area contributed by atoms with Crippen molar-refractivity contribution in [3.63, 3.8) is 0 Å². The van der Waals surface area contributed by atoms with E-state index in [0.29, 0.717) is 18.7 Å². The van der Waals surface area contributed by atoms with Crippen molar-refractivity contribution in [2.24, 2.45) is 0 Å². The lowest BCUT2D eigenvalue weighted by Crippen LogP contribution is -2.30. The number of nitrogens with one attached hydrogen (secondary N) is 1. The number of hydrogen-bond donors (Lipinski definition) is 1. The molecule has 1 saturated heterocycles. The highest BCUT2D eigenvalue weighted by atomic mass is 16.1. The number of nitrogens with zero attached hydrogens (tertiary/aromatic N) is 5. The molecule has 168 valence electrons. The van der Waals surface area contributed by atoms with Gasteiger partial charge in [-0.2, -0.15) is 5.10 Å². The smallest absolute Gasteiger partial charge is 0.224 e. The van der Waals surface area contributed by atoms with Gasteiger partial charge in [0.05, 0.1) is 5.69 Å². The van der Waals surface area contributed by atoms with E-state index in [4.69, 9.17) is 0 Å². The van der Waals surface area contributed by atoms with Crippen LogP contribution in [0, 0.1) is 27.7 Å². The summed E-state index contributed by atoms with van der Waals surface area (Å²) in [5.74, 6) is 1.65. The van der Waals surface area contributed by atoms with Crippen LogP contribution in [-0.4, -0.2) is 39.0 Å². The van der Waals surface area contributed by atoms with Crippen LogP contribution in [0.1, 0.15) is 53.8 Å². The van der Waals surface area contributed by atoms with Gasteiger partial charge in [0.15, 0.2) is 11.6 Å². The van der Waals surface area contributed by atoms with Gasteiger partial charge in [0.1, 0.15) is 0 Å². The van der Waals surface area contributed by atoms with Crippen molar-refractivity contribution in [1.29, 1.82) is 0 Å². The summed E-state index contributed by atoms with van der Waals surface area (Å²) < 4.78 is 1.83. The highest BCUT2D eigenvalue weighted by Crippen LogP contribution is 2.22. The van der Waals surface area contributed by atoms with Gasteiger partial charge in [0, 0.05) is 30.9 Å². The van der Waals surface area contributed by atoms with Gasteiger partial charge in [-0.15, -0.1) is 10.2 Å². The Morgan fingerprint density at radius 3 is 2.41 bits per heavy atom. The molecule has 1 aliphatic heterocycles. The summed E-state index contributed by atoms with van der Waals surface area (Å²) in [6, 6.07) is 9.97. The second kappa shape index (κ2) is 9.51. The molecule has 1 N–H and O–H groups in total. The van der Waals surface area contributed by atoms with Crippen LogP contribution in [0.15, 0.2) is 30.3 Å². The van der Waals surface area contributed by atoms with Crippen molar-refractivity contribution >= 4 is 17.4 Å². The van der Waals surface area contributed by atoms with E-state index in [2.05, 4.69) is 25.5 Å². The average molecular weight is 433 g/mol. The number of carbonyl (C=O) groups is 1. The molecule has 1 fully saturated rings. The maximum atomic E-state index is 12.6. The Morgan fingerprint density at radius 1 is 0.969 bits per heavy atom. The Hall–Kier alpha value is -3.22. The van der Waals surface area contributed by atoms with Gasteiger partial charge in [-0.25, -0.2) is 4.68 Å². The lowest BCUT2D eigenvalue weighted by atomic mass is 10.1. The summed E-state index contributed by atoms with van der Waals surface area (Å²) >= 11 is 0. The molecule has 2 aromatic heterocycles. The maximum absolute atomic E-state index is 12.6. The van der Waals surface area contributed by atoms with Crippen molar-refractivity contribution in [1.82, 2.24) is 20.0 Å². The van der Waals surface area contributed by atoms with E-state index in [-0.39, 0.29) is 5.91 Å². The second-order valence-electron chi connectivity index (χ2n) is 8.65. The first-order valence-electron chi connectivity index (χ1n) is 11.4. The first-order chi connectivity index (χ1) is 15.4. The fourth-order valence-corrected chi connectivity index (χ4v) is 4.32. The van der Waals surface area contributed by atoms with E-state index < -0.39 is 0 Å². The third-order valence-electron chi connectivity index (χ3n) is 6.46. The van der Waals surface area contributed by atoms with Crippen LogP contribution < -0.4 is 10.2 Å². The molecular formula is C25H32N6O. The molecule has 3 aromatic rings. The zero-order valence-electron chi connectivity index (χ0n) is 19.5. The fraction of sp³-hybridized carbons (Fsp3) is 0.440. The number of anilines is 2. The topological polar surface area (TPSA) is 75.9 Å². The van der Waals surface area contributed by atoms with E-state index in [1.54, 1.807) is 0 Å². The zero-order chi connectivity index (χ0) is 22.7. The first-order valence-corrected chi connectivity index (χ1v) is 11.4. The Bertz CT molecular complexity index is 1100. The SMILES string of the molecule is Cc1cccc(NC(=O)CCc2c(C)nn(-c3ccc(N4CCCCC4)nn3)c2C)c1C. The molecule has 7 heteroatoms. The summed E-state index contributed by atoms with van der Waals surface area (Å²) in [5, 5.41) is 16.6. The van der Waals surface area contributed by atoms with E-state index in [9.17, 15) is 4.79 Å². The molecule has 0 atom stereocenters. The minimum atomic E-state index is 0.0101. The number of piperidine rings is 1. The largest absolute Gasteiger partial charge is 0.355 e. The van der Waals surface area contributed by atoms with Crippen molar-refractivity contribution in [3.8, 4) is 5.82 Å². The number of rotatable bonds is 6. The fourth-order valence-electron chi connectivity index (χ4n) is 4.32. The quantitative estimate of drug-likeness (QED) is 0.622. The lowest BCUT2D eigenvalue weighted by Gasteiger charge is -2.27. The molecule has 0 bridgehead atoms. The van der Waals surface area contributed by atoms with Gasteiger partial charge >= 0.3 is 0 Å². The number of amides is 1. The molecule has 0 aliphatic carbocycles. The van der Waals surface area contributed by atoms with E-state index in [0.717, 1.165) is 47.1 Å². The molecule has 7 nitrogen and oxygen atoms in total. The van der Waals surface area contributed by atoms with Crippen LogP contribution in [0.5, 0.6) is 0 Å². The van der Waals surface area contributed by atoms with Crippen LogP contribution in [-0.2, 0) is 11.2 Å². The minimum Gasteiger partial charge on any atom is -0.355 e. The third kappa shape index (κ3) is 4.66. The summed E-state index contributed by atoms with van der Waals surface area (Å²) in [6.07, 6.45) is 4.75. The molecular weight excluding hydrogens is 400 g/mol. The first kappa shape index (κ1) is 22.0. The Labute approximate surface area is 189 Å². The zero-order valence-corrected chi connectivity index (χ0v) is 19.5. The van der Waals surface area contributed by atoms with Crippen LogP contribution in [0.3, 0.4) is 0 Å². The molecule has 0 radical (unpaired) electrons. The van der Waals surface area contributed by atoms with Crippen LogP contribution in [0.25, 0.3) is 5.82 Å². The highest BCUT2D eigenvalue weighted by molar-refractivity contribution is 5.91. The van der Waals surface area contributed by atoms with Gasteiger partial charge in [-0.1, -0.05) is 12.1 Å². The number of carbonyl (C=O) groups excluding carboxylic acids is 1. The molecule has 0 saturated carbocycles. The molecule has 1 aromatic carbocycles. The van der Waals surface area contributed by atoms with Crippen LogP contribution in [0.4, 0.5) is 11.5 Å². The Kier molecular flexibility index (Phi) is 6.53. The molecule has 4 rings (SSSR count). The minimum absolute atomic E-state index is 0.0101. The van der Waals surface area contributed by atoms with Gasteiger partial charge in [-0.05, 0) is 88.3 Å². The molecule has 1 aliphatic rings. The number of aryl methyl sites for hydroxylation is 2. The van der Waals surface area contributed by atoms with Crippen molar-refractivity contribution in [3.05, 3.63) is 58.4 Å². The van der Waals surface area contributed by atoms with Crippen molar-refractivity contribution < 1.29 is 4.79 Å². The molecule has 0 spiro atoms. The summed E-state index contributed by atoms with van der Waals surface area (Å²) in [6.45, 7) is 10.2. The molecule has 1 amide bonds. The van der Waals surface area contributed by atoms with Crippen molar-refractivity contribution in [2.45, 2.75) is 59.8 Å². The van der Waals surface area contributed by atoms with Crippen LogP contribution >= 0.6 is 0 Å². The number of hydrogen-bond acceptors (Lipinski definition) is 5. The summed E-state index contributed by atoms with van der Waals surface area (Å²) in [7, 11) is 0. The van der Waals surface area contributed by atoms with Gasteiger partial charge in [-0.3, -0.25) is 4.79 Å². The second-order valence-corrected chi connectivity index (χ2v) is 8.65. The lowest BCUT2D eigenvalue weighted by molar-refractivity contribution is -0.116. The standard InChI is InChI=1S/C25H32N6O/c1-17-9-8-10-22(18(17)2)26-25(32)14-11-21-19(3)29-31(20(21)4)24-13-12-23(27-28-24)30-15-6-5-7-16-30/h8-10,12-13H,5-7,11,14-16H2,1-4H3,(H,26,32). The monoisotopic (exact) mass is 432 g/mol. The van der Waals surface area contributed by atoms with E-state index in [1.165, 1.54) is 24.8 Å². The third-order valence-corrected chi connectivity index (χ3v) is 6.46. The molecule has 32 heavy (non-hydrogen) atoms. The average Bonchev–Trinajstić information content (AvgIpc) is 3.09. The van der Waals surface area contributed by atoms with Crippen LogP contribution in [0.2, 0.25) is 0 Å². The van der Waals surface area contributed by atoms with E-state index in [1.807, 2.05) is 62.7 Å². The number of benzene rings is 1. The normalized spacial score (nSPS) is 13.9. The van der Waals surface area contributed by atoms with E-state index >= 15 is 0 Å². The Balaban J connectivity index is 1.43. The van der Waals surface area contributed by atoms with Gasteiger partial charge in [0.2, 0.25) is 5.91 Å². The van der Waals surface area contributed by atoms with Gasteiger partial charge < -0.3 is 10.2 Å². The number of aromatic nitrogens is 4. The summed E-state index contributed by atoms with van der Waals surface area (Å²) in [5.41, 5.74) is 6.16. The van der Waals surface area contributed by atoms with Crippen molar-refractivity contribution in [2.75, 3.05) is 23.3 Å². The predicted octanol–water partition coefficient (Wildman–Crippen LogP) is 4.46. The van der Waals surface area contributed by atoms with Gasteiger partial charge in [0.25, 0.3) is 0 Å². The maximum Gasteiger partial charge on any atom is 0.224 e.